The zero-order valence-corrected chi connectivity index (χ0v) is 22.6. The summed E-state index contributed by atoms with van der Waals surface area (Å²) < 4.78 is 0. The Balaban J connectivity index is 1.77. The highest BCUT2D eigenvalue weighted by atomic mass is 16.3. The van der Waals surface area contributed by atoms with Crippen LogP contribution in [-0.4, -0.2) is 34.9 Å². The van der Waals surface area contributed by atoms with Gasteiger partial charge in [0, 0.05) is 36.3 Å². The second-order valence-corrected chi connectivity index (χ2v) is 12.1. The van der Waals surface area contributed by atoms with E-state index in [1.807, 2.05) is 12.1 Å². The van der Waals surface area contributed by atoms with Crippen LogP contribution in [0.1, 0.15) is 110 Å². The van der Waals surface area contributed by atoms with Gasteiger partial charge in [-0.3, -0.25) is 9.59 Å². The minimum Gasteiger partial charge on any atom is -0.507 e. The van der Waals surface area contributed by atoms with Crippen LogP contribution in [0.5, 0.6) is 11.5 Å². The van der Waals surface area contributed by atoms with E-state index in [-0.39, 0.29) is 34.4 Å². The zero-order valence-electron chi connectivity index (χ0n) is 22.6. The van der Waals surface area contributed by atoms with Crippen molar-refractivity contribution < 1.29 is 19.8 Å². The van der Waals surface area contributed by atoms with Crippen LogP contribution in [0, 0.1) is 0 Å². The molecule has 1 aliphatic rings. The van der Waals surface area contributed by atoms with Crippen molar-refractivity contribution in [3.05, 3.63) is 57.6 Å². The molecule has 1 fully saturated rings. The largest absolute Gasteiger partial charge is 0.507 e. The second kappa shape index (κ2) is 11.1. The summed E-state index contributed by atoms with van der Waals surface area (Å²) in [4.78, 5) is 23.1. The summed E-state index contributed by atoms with van der Waals surface area (Å²) in [7, 11) is 0. The Bertz CT molecular complexity index is 1010. The van der Waals surface area contributed by atoms with E-state index in [9.17, 15) is 19.8 Å². The van der Waals surface area contributed by atoms with Crippen LogP contribution in [0.2, 0.25) is 0 Å². The number of hydrogen-bond acceptors (Lipinski definition) is 6. The lowest BCUT2D eigenvalue weighted by Crippen LogP contribution is -2.49. The van der Waals surface area contributed by atoms with Gasteiger partial charge in [0.2, 0.25) is 0 Å². The third-order valence-electron chi connectivity index (χ3n) is 7.30. The number of aldehydes is 2. The fourth-order valence-electron chi connectivity index (χ4n) is 4.85. The van der Waals surface area contributed by atoms with Crippen LogP contribution in [-0.2, 0) is 23.9 Å². The van der Waals surface area contributed by atoms with E-state index in [4.69, 9.17) is 0 Å². The van der Waals surface area contributed by atoms with Crippen molar-refractivity contribution >= 4 is 12.6 Å². The van der Waals surface area contributed by atoms with Crippen molar-refractivity contribution in [2.45, 2.75) is 103 Å². The van der Waals surface area contributed by atoms with Gasteiger partial charge in [0.15, 0.2) is 12.6 Å². The normalized spacial score (nSPS) is 18.7. The Morgan fingerprint density at radius 3 is 1.39 bits per heavy atom. The molecule has 4 N–H and O–H groups in total. The summed E-state index contributed by atoms with van der Waals surface area (Å²) in [6.45, 7) is 13.5. The van der Waals surface area contributed by atoms with Gasteiger partial charge in [0.1, 0.15) is 11.5 Å². The van der Waals surface area contributed by atoms with Gasteiger partial charge in [-0.25, -0.2) is 0 Å². The molecule has 2 aromatic rings. The Hall–Kier alpha value is -2.70. The molecule has 36 heavy (non-hydrogen) atoms. The van der Waals surface area contributed by atoms with Gasteiger partial charge in [-0.2, -0.15) is 0 Å². The first-order valence-electron chi connectivity index (χ1n) is 12.9. The summed E-state index contributed by atoms with van der Waals surface area (Å²) >= 11 is 0. The highest BCUT2D eigenvalue weighted by molar-refractivity contribution is 5.81. The first-order chi connectivity index (χ1) is 16.8. The van der Waals surface area contributed by atoms with Crippen molar-refractivity contribution in [1.82, 2.24) is 10.6 Å². The van der Waals surface area contributed by atoms with Crippen LogP contribution in [0.15, 0.2) is 24.3 Å². The fourth-order valence-corrected chi connectivity index (χ4v) is 4.85. The molecule has 3 rings (SSSR count). The molecule has 0 saturated heterocycles. The molecule has 0 aromatic heterocycles. The number of hydrogen-bond donors (Lipinski definition) is 4. The molecular formula is C30H42N2O4. The number of phenolic OH excluding ortho intramolecular Hbond substituents is 2. The quantitative estimate of drug-likeness (QED) is 0.361. The van der Waals surface area contributed by atoms with E-state index < -0.39 is 0 Å². The average Bonchev–Trinajstić information content (AvgIpc) is 2.81. The third kappa shape index (κ3) is 6.54. The number of nitrogens with one attached hydrogen (secondary N) is 2. The summed E-state index contributed by atoms with van der Waals surface area (Å²) in [5.74, 6) is 0.0762. The van der Waals surface area contributed by atoms with Crippen LogP contribution >= 0.6 is 0 Å². The van der Waals surface area contributed by atoms with Crippen LogP contribution in [0.3, 0.4) is 0 Å². The van der Waals surface area contributed by atoms with Gasteiger partial charge in [0.25, 0.3) is 0 Å². The molecule has 0 aliphatic heterocycles. The predicted octanol–water partition coefficient (Wildman–Crippen LogP) is 5.51. The number of aromatic hydroxyl groups is 2. The van der Waals surface area contributed by atoms with Gasteiger partial charge >= 0.3 is 0 Å². The zero-order chi connectivity index (χ0) is 26.7. The molecular weight excluding hydrogens is 452 g/mol. The monoisotopic (exact) mass is 494 g/mol. The Kier molecular flexibility index (Phi) is 8.63. The molecule has 0 heterocycles. The topological polar surface area (TPSA) is 98.7 Å². The molecule has 2 aromatic carbocycles. The molecule has 196 valence electrons. The third-order valence-corrected chi connectivity index (χ3v) is 7.30. The van der Waals surface area contributed by atoms with E-state index >= 15 is 0 Å². The molecule has 0 spiro atoms. The minimum atomic E-state index is -0.140. The highest BCUT2D eigenvalue weighted by Crippen LogP contribution is 2.32. The summed E-state index contributed by atoms with van der Waals surface area (Å²) in [5.41, 5.74) is 3.82. The predicted molar refractivity (Wildman–Crippen MR) is 144 cm³/mol. The second-order valence-electron chi connectivity index (χ2n) is 12.1. The van der Waals surface area contributed by atoms with Gasteiger partial charge < -0.3 is 20.8 Å². The van der Waals surface area contributed by atoms with Crippen molar-refractivity contribution in [3.63, 3.8) is 0 Å². The minimum absolute atomic E-state index is 0.0381. The maximum atomic E-state index is 11.6. The standard InChI is InChI=1S/C30H42N2O4/c1-29(2,3)23-11-19(27(35)21(13-23)17-33)15-31-25-9-7-8-10-26(25)32-16-20-12-24(30(4,5)6)14-22(18-34)28(20)36/h11-14,17-18,25-26,31-32,35-36H,7-10,15-16H2,1-6H3. The molecule has 0 amide bonds. The molecule has 2 unspecified atom stereocenters. The molecule has 0 radical (unpaired) electrons. The van der Waals surface area contributed by atoms with E-state index in [2.05, 4.69) is 52.2 Å². The first-order valence-corrected chi connectivity index (χ1v) is 12.9. The van der Waals surface area contributed by atoms with Crippen molar-refractivity contribution in [1.29, 1.82) is 0 Å². The maximum Gasteiger partial charge on any atom is 0.153 e. The molecule has 1 aliphatic carbocycles. The Labute approximate surface area is 215 Å². The van der Waals surface area contributed by atoms with Crippen molar-refractivity contribution in [2.24, 2.45) is 0 Å². The number of benzene rings is 2. The van der Waals surface area contributed by atoms with E-state index in [1.54, 1.807) is 12.1 Å². The molecule has 6 nitrogen and oxygen atoms in total. The van der Waals surface area contributed by atoms with Crippen LogP contribution < -0.4 is 10.6 Å². The smallest absolute Gasteiger partial charge is 0.153 e. The highest BCUT2D eigenvalue weighted by Gasteiger charge is 2.26. The van der Waals surface area contributed by atoms with Crippen LogP contribution in [0.4, 0.5) is 0 Å². The van der Waals surface area contributed by atoms with E-state index in [0.717, 1.165) is 47.9 Å². The lowest BCUT2D eigenvalue weighted by atomic mass is 9.84. The Morgan fingerprint density at radius 1 is 0.722 bits per heavy atom. The van der Waals surface area contributed by atoms with E-state index in [0.29, 0.717) is 36.8 Å². The lowest BCUT2D eigenvalue weighted by Gasteiger charge is -2.34. The van der Waals surface area contributed by atoms with Crippen molar-refractivity contribution in [2.75, 3.05) is 0 Å². The fraction of sp³-hybridized carbons (Fsp3) is 0.533. The summed E-state index contributed by atoms with van der Waals surface area (Å²) in [6.07, 6.45) is 5.64. The maximum absolute atomic E-state index is 11.6. The Morgan fingerprint density at radius 2 is 1.08 bits per heavy atom. The lowest BCUT2D eigenvalue weighted by molar-refractivity contribution is 0.111. The number of phenols is 2. The van der Waals surface area contributed by atoms with Crippen LogP contribution in [0.25, 0.3) is 0 Å². The molecule has 6 heteroatoms. The van der Waals surface area contributed by atoms with Crippen molar-refractivity contribution in [3.8, 4) is 11.5 Å². The molecule has 2 atom stereocenters. The SMILES string of the molecule is CC(C)(C)c1cc(C=O)c(O)c(CNC2CCCCC2NCc2cc(C(C)(C)C)cc(C=O)c2O)c1. The summed E-state index contributed by atoms with van der Waals surface area (Å²) in [5, 5.41) is 28.5. The van der Waals surface area contributed by atoms with Gasteiger partial charge in [-0.1, -0.05) is 66.5 Å². The van der Waals surface area contributed by atoms with E-state index in [1.165, 1.54) is 0 Å². The van der Waals surface area contributed by atoms with Gasteiger partial charge in [-0.15, -0.1) is 0 Å². The molecule has 1 saturated carbocycles. The number of carbonyl (C=O) groups is 2. The first kappa shape index (κ1) is 27.9. The number of carbonyl (C=O) groups excluding carboxylic acids is 2. The average molecular weight is 495 g/mol. The summed E-state index contributed by atoms with van der Waals surface area (Å²) in [6, 6.07) is 7.85. The number of rotatable bonds is 8. The van der Waals surface area contributed by atoms with Gasteiger partial charge in [-0.05, 0) is 46.9 Å². The molecule has 0 bridgehead atoms. The van der Waals surface area contributed by atoms with Gasteiger partial charge in [0.05, 0.1) is 11.1 Å².